The van der Waals surface area contributed by atoms with Crippen molar-refractivity contribution in [2.75, 3.05) is 13.1 Å². The fourth-order valence-corrected chi connectivity index (χ4v) is 5.64. The quantitative estimate of drug-likeness (QED) is 0.322. The number of fused-ring (bicyclic) bond motifs is 2. The summed E-state index contributed by atoms with van der Waals surface area (Å²) < 4.78 is 0. The van der Waals surface area contributed by atoms with E-state index in [0.29, 0.717) is 11.5 Å². The summed E-state index contributed by atoms with van der Waals surface area (Å²) in [5.41, 5.74) is 9.28. The Balaban J connectivity index is 1.26. The van der Waals surface area contributed by atoms with E-state index < -0.39 is 0 Å². The Morgan fingerprint density at radius 2 is 1.78 bits per heavy atom. The predicted octanol–water partition coefficient (Wildman–Crippen LogP) is 5.67. The highest BCUT2D eigenvalue weighted by atomic mass is 32.1. The maximum Gasteiger partial charge on any atom is 0.161 e. The Bertz CT molecular complexity index is 1660. The van der Waals surface area contributed by atoms with Gasteiger partial charge in [0.2, 0.25) is 0 Å². The van der Waals surface area contributed by atoms with Gasteiger partial charge in [0.25, 0.3) is 0 Å². The monoisotopic (exact) mass is 492 g/mol. The standard InChI is InChI=1S/C27H24N8S/c1-2-7-35(8-3-1)15-17-10-19(12-28-11-17)21-4-5-22-25(30-21)26(34-33-22)27-31-23-14-29-13-20(24(23)32-27)18-6-9-36-16-18/h4-6,9-14,16H,1-3,7-8,15H2,(H,31,32)(H,33,34). The van der Waals surface area contributed by atoms with Crippen LogP contribution in [0.15, 0.2) is 59.8 Å². The molecule has 9 heteroatoms. The maximum absolute atomic E-state index is 4.99. The molecule has 6 aromatic rings. The second kappa shape index (κ2) is 8.92. The van der Waals surface area contributed by atoms with Gasteiger partial charge < -0.3 is 4.98 Å². The van der Waals surface area contributed by atoms with Gasteiger partial charge in [0.1, 0.15) is 11.0 Å². The number of likely N-dealkylation sites (tertiary alicyclic amines) is 1. The van der Waals surface area contributed by atoms with Crippen LogP contribution in [0.4, 0.5) is 0 Å². The molecule has 0 radical (unpaired) electrons. The van der Waals surface area contributed by atoms with E-state index in [0.717, 1.165) is 64.1 Å². The molecule has 1 aliphatic heterocycles. The number of H-pyrrole nitrogens is 2. The van der Waals surface area contributed by atoms with E-state index in [4.69, 9.17) is 9.97 Å². The Hall–Kier alpha value is -3.95. The lowest BCUT2D eigenvalue weighted by Crippen LogP contribution is -2.29. The Morgan fingerprint density at radius 3 is 2.67 bits per heavy atom. The first kappa shape index (κ1) is 21.3. The van der Waals surface area contributed by atoms with Crippen LogP contribution in [0.1, 0.15) is 24.8 Å². The molecule has 6 aromatic heterocycles. The highest BCUT2D eigenvalue weighted by Gasteiger charge is 2.18. The third kappa shape index (κ3) is 3.86. The summed E-state index contributed by atoms with van der Waals surface area (Å²) in [5, 5.41) is 11.8. The number of thiophene rings is 1. The number of nitrogens with one attached hydrogen (secondary N) is 2. The van der Waals surface area contributed by atoms with Gasteiger partial charge in [-0.2, -0.15) is 16.4 Å². The molecule has 8 nitrogen and oxygen atoms in total. The van der Waals surface area contributed by atoms with Crippen molar-refractivity contribution in [2.45, 2.75) is 25.8 Å². The van der Waals surface area contributed by atoms with E-state index >= 15 is 0 Å². The van der Waals surface area contributed by atoms with Gasteiger partial charge in [-0.25, -0.2) is 9.97 Å². The van der Waals surface area contributed by atoms with E-state index in [-0.39, 0.29) is 0 Å². The van der Waals surface area contributed by atoms with Crippen molar-refractivity contribution in [2.24, 2.45) is 0 Å². The zero-order valence-corrected chi connectivity index (χ0v) is 20.4. The van der Waals surface area contributed by atoms with Crippen LogP contribution in [0.5, 0.6) is 0 Å². The average molecular weight is 493 g/mol. The molecule has 1 fully saturated rings. The first-order chi connectivity index (χ1) is 17.8. The second-order valence-electron chi connectivity index (χ2n) is 9.26. The number of rotatable bonds is 5. The molecule has 0 spiro atoms. The van der Waals surface area contributed by atoms with Crippen molar-refractivity contribution < 1.29 is 0 Å². The van der Waals surface area contributed by atoms with Crippen LogP contribution in [0.3, 0.4) is 0 Å². The summed E-state index contributed by atoms with van der Waals surface area (Å²) in [4.78, 5) is 24.7. The maximum atomic E-state index is 4.99. The largest absolute Gasteiger partial charge is 0.335 e. The topological polar surface area (TPSA) is 99.3 Å². The molecule has 0 aliphatic carbocycles. The van der Waals surface area contributed by atoms with Gasteiger partial charge in [0.05, 0.1) is 22.9 Å². The summed E-state index contributed by atoms with van der Waals surface area (Å²) in [6, 6.07) is 8.33. The number of hydrogen-bond donors (Lipinski definition) is 2. The van der Waals surface area contributed by atoms with Gasteiger partial charge in [0, 0.05) is 36.3 Å². The molecule has 1 aliphatic rings. The van der Waals surface area contributed by atoms with Gasteiger partial charge in [-0.15, -0.1) is 0 Å². The minimum absolute atomic E-state index is 0.669. The summed E-state index contributed by atoms with van der Waals surface area (Å²) in [5.74, 6) is 0.669. The number of aromatic amines is 2. The number of hydrogen-bond acceptors (Lipinski definition) is 7. The van der Waals surface area contributed by atoms with Crippen LogP contribution in [0.25, 0.3) is 56.0 Å². The molecule has 0 aromatic carbocycles. The lowest BCUT2D eigenvalue weighted by Gasteiger charge is -2.26. The highest BCUT2D eigenvalue weighted by Crippen LogP contribution is 2.32. The van der Waals surface area contributed by atoms with Gasteiger partial charge in [-0.1, -0.05) is 6.42 Å². The van der Waals surface area contributed by atoms with E-state index in [1.54, 1.807) is 17.5 Å². The van der Waals surface area contributed by atoms with Crippen LogP contribution < -0.4 is 0 Å². The van der Waals surface area contributed by atoms with Gasteiger partial charge in [0.15, 0.2) is 11.5 Å². The number of imidazole rings is 1. The lowest BCUT2D eigenvalue weighted by atomic mass is 10.1. The molecule has 7 heterocycles. The van der Waals surface area contributed by atoms with Crippen molar-refractivity contribution in [3.05, 3.63) is 65.4 Å². The molecule has 0 atom stereocenters. The predicted molar refractivity (Wildman–Crippen MR) is 142 cm³/mol. The molecule has 7 rings (SSSR count). The van der Waals surface area contributed by atoms with E-state index in [2.05, 4.69) is 52.9 Å². The van der Waals surface area contributed by atoms with Crippen LogP contribution in [-0.2, 0) is 6.54 Å². The van der Waals surface area contributed by atoms with Crippen LogP contribution in [-0.4, -0.2) is 53.1 Å². The number of aromatic nitrogens is 7. The zero-order chi connectivity index (χ0) is 23.9. The highest BCUT2D eigenvalue weighted by molar-refractivity contribution is 7.08. The van der Waals surface area contributed by atoms with Crippen LogP contribution in [0, 0.1) is 0 Å². The molecule has 0 bridgehead atoms. The SMILES string of the molecule is c1cc(-c2cncc3[nH]c(-c4n[nH]c5ccc(-c6cncc(CN7CCCCC7)c6)nc45)nc23)cs1. The minimum Gasteiger partial charge on any atom is -0.335 e. The van der Waals surface area contributed by atoms with Gasteiger partial charge >= 0.3 is 0 Å². The van der Waals surface area contributed by atoms with E-state index in [1.165, 1.54) is 24.8 Å². The van der Waals surface area contributed by atoms with Crippen LogP contribution in [0.2, 0.25) is 0 Å². The molecule has 178 valence electrons. The summed E-state index contributed by atoms with van der Waals surface area (Å²) >= 11 is 1.66. The fraction of sp³-hybridized carbons (Fsp3) is 0.222. The second-order valence-corrected chi connectivity index (χ2v) is 10.0. The van der Waals surface area contributed by atoms with Crippen molar-refractivity contribution >= 4 is 33.4 Å². The van der Waals surface area contributed by atoms with Crippen molar-refractivity contribution in [1.82, 2.24) is 40.0 Å². The van der Waals surface area contributed by atoms with Gasteiger partial charge in [-0.3, -0.25) is 20.0 Å². The normalized spacial score (nSPS) is 14.7. The third-order valence-electron chi connectivity index (χ3n) is 6.80. The minimum atomic E-state index is 0.669. The smallest absolute Gasteiger partial charge is 0.161 e. The molecular formula is C27H24N8S. The summed E-state index contributed by atoms with van der Waals surface area (Å²) in [6.07, 6.45) is 11.4. The number of pyridine rings is 3. The zero-order valence-electron chi connectivity index (χ0n) is 19.6. The Kier molecular flexibility index (Phi) is 5.29. The molecule has 2 N–H and O–H groups in total. The molecule has 0 unspecified atom stereocenters. The molecule has 0 saturated carbocycles. The lowest BCUT2D eigenvalue weighted by molar-refractivity contribution is 0.220. The molecular weight excluding hydrogens is 468 g/mol. The van der Waals surface area contributed by atoms with Crippen molar-refractivity contribution in [1.29, 1.82) is 0 Å². The molecule has 36 heavy (non-hydrogen) atoms. The molecule has 1 saturated heterocycles. The number of nitrogens with zero attached hydrogens (tertiary/aromatic N) is 6. The van der Waals surface area contributed by atoms with Gasteiger partial charge in [-0.05, 0) is 72.1 Å². The Labute approximate surface area is 211 Å². The fourth-order valence-electron chi connectivity index (χ4n) is 4.99. The molecule has 0 amide bonds. The summed E-state index contributed by atoms with van der Waals surface area (Å²) in [7, 11) is 0. The summed E-state index contributed by atoms with van der Waals surface area (Å²) in [6.45, 7) is 3.25. The first-order valence-electron chi connectivity index (χ1n) is 12.2. The third-order valence-corrected chi connectivity index (χ3v) is 7.49. The van der Waals surface area contributed by atoms with Crippen molar-refractivity contribution in [3.63, 3.8) is 0 Å². The average Bonchev–Trinajstić information content (AvgIpc) is 3.68. The van der Waals surface area contributed by atoms with E-state index in [1.807, 2.05) is 30.7 Å². The number of piperidine rings is 1. The Morgan fingerprint density at radius 1 is 0.861 bits per heavy atom. The van der Waals surface area contributed by atoms with E-state index in [9.17, 15) is 0 Å². The first-order valence-corrected chi connectivity index (χ1v) is 13.1. The van der Waals surface area contributed by atoms with Crippen molar-refractivity contribution in [3.8, 4) is 33.9 Å². The van der Waals surface area contributed by atoms with Crippen LogP contribution >= 0.6 is 11.3 Å².